The van der Waals surface area contributed by atoms with E-state index in [0.29, 0.717) is 17.7 Å². The second-order valence-electron chi connectivity index (χ2n) is 4.35. The Kier molecular flexibility index (Phi) is 7.98. The maximum atomic E-state index is 12.3. The van der Waals surface area contributed by atoms with E-state index < -0.39 is 25.2 Å². The van der Waals surface area contributed by atoms with Crippen LogP contribution in [0.25, 0.3) is 0 Å². The molecule has 0 spiro atoms. The third kappa shape index (κ3) is 6.83. The molecule has 0 fully saturated rings. The molecular formula is C12H22F3NO2. The number of aliphatic hydroxyl groups is 1. The zero-order chi connectivity index (χ0) is 14.2. The summed E-state index contributed by atoms with van der Waals surface area (Å²) in [7, 11) is 0. The van der Waals surface area contributed by atoms with Crippen LogP contribution in [0.5, 0.6) is 0 Å². The predicted octanol–water partition coefficient (Wildman–Crippen LogP) is 2.59. The molecular weight excluding hydrogens is 247 g/mol. The fourth-order valence-corrected chi connectivity index (χ4v) is 1.82. The molecule has 1 atom stereocenters. The lowest BCUT2D eigenvalue weighted by atomic mass is 9.97. The smallest absolute Gasteiger partial charge is 0.395 e. The summed E-state index contributed by atoms with van der Waals surface area (Å²) in [6.07, 6.45) is -1.57. The zero-order valence-corrected chi connectivity index (χ0v) is 11.0. The zero-order valence-electron chi connectivity index (χ0n) is 11.0. The third-order valence-electron chi connectivity index (χ3n) is 2.80. The minimum atomic E-state index is -4.42. The van der Waals surface area contributed by atoms with Gasteiger partial charge in [0, 0.05) is 12.5 Å². The number of halogens is 3. The van der Waals surface area contributed by atoms with Crippen LogP contribution in [-0.2, 0) is 4.79 Å². The lowest BCUT2D eigenvalue weighted by molar-refractivity contribution is -0.164. The normalized spacial score (nSPS) is 13.4. The van der Waals surface area contributed by atoms with Gasteiger partial charge in [-0.25, -0.2) is 0 Å². The predicted molar refractivity (Wildman–Crippen MR) is 63.0 cm³/mol. The van der Waals surface area contributed by atoms with Crippen molar-refractivity contribution < 1.29 is 23.1 Å². The average molecular weight is 269 g/mol. The first-order valence-electron chi connectivity index (χ1n) is 6.32. The molecule has 0 radical (unpaired) electrons. The summed E-state index contributed by atoms with van der Waals surface area (Å²) in [6, 6.07) is 0. The summed E-state index contributed by atoms with van der Waals surface area (Å²) in [5, 5.41) is 8.75. The van der Waals surface area contributed by atoms with Gasteiger partial charge < -0.3 is 10.0 Å². The van der Waals surface area contributed by atoms with Crippen LogP contribution in [0.15, 0.2) is 0 Å². The summed E-state index contributed by atoms with van der Waals surface area (Å²) >= 11 is 0. The van der Waals surface area contributed by atoms with Crippen molar-refractivity contribution in [3.63, 3.8) is 0 Å². The van der Waals surface area contributed by atoms with E-state index in [-0.39, 0.29) is 12.5 Å². The molecule has 0 aliphatic rings. The fraction of sp³-hybridized carbons (Fsp3) is 0.917. The van der Waals surface area contributed by atoms with Crippen LogP contribution in [0.2, 0.25) is 0 Å². The monoisotopic (exact) mass is 269 g/mol. The van der Waals surface area contributed by atoms with Gasteiger partial charge >= 0.3 is 6.18 Å². The van der Waals surface area contributed by atoms with Crippen LogP contribution >= 0.6 is 0 Å². The molecule has 108 valence electrons. The van der Waals surface area contributed by atoms with Crippen molar-refractivity contribution in [1.82, 2.24) is 4.90 Å². The number of rotatable bonds is 8. The van der Waals surface area contributed by atoms with Crippen molar-refractivity contribution in [3.8, 4) is 0 Å². The SMILES string of the molecule is CCCCC(CC)C(=O)N(CCO)CC(F)(F)F. The number of amides is 1. The summed E-state index contributed by atoms with van der Waals surface area (Å²) in [6.45, 7) is 1.77. The van der Waals surface area contributed by atoms with Crippen LogP contribution in [-0.4, -0.2) is 41.8 Å². The summed E-state index contributed by atoms with van der Waals surface area (Å²) in [5.74, 6) is -0.879. The lowest BCUT2D eigenvalue weighted by Gasteiger charge is -2.27. The molecule has 0 aromatic rings. The Morgan fingerprint density at radius 1 is 1.33 bits per heavy atom. The molecule has 0 aromatic heterocycles. The minimum Gasteiger partial charge on any atom is -0.395 e. The van der Waals surface area contributed by atoms with Crippen molar-refractivity contribution >= 4 is 5.91 Å². The Balaban J connectivity index is 4.60. The Bertz CT molecular complexity index is 244. The Morgan fingerprint density at radius 2 is 1.94 bits per heavy atom. The maximum Gasteiger partial charge on any atom is 0.406 e. The highest BCUT2D eigenvalue weighted by Gasteiger charge is 2.34. The molecule has 0 saturated heterocycles. The van der Waals surface area contributed by atoms with E-state index >= 15 is 0 Å². The van der Waals surface area contributed by atoms with E-state index in [4.69, 9.17) is 5.11 Å². The number of hydrogen-bond donors (Lipinski definition) is 1. The molecule has 0 rings (SSSR count). The van der Waals surface area contributed by atoms with Crippen molar-refractivity contribution in [1.29, 1.82) is 0 Å². The quantitative estimate of drug-likeness (QED) is 0.735. The number of nitrogens with zero attached hydrogens (tertiary/aromatic N) is 1. The second-order valence-corrected chi connectivity index (χ2v) is 4.35. The van der Waals surface area contributed by atoms with Gasteiger partial charge in [-0.05, 0) is 12.8 Å². The number of carbonyl (C=O) groups is 1. The highest BCUT2D eigenvalue weighted by molar-refractivity contribution is 5.78. The molecule has 0 heterocycles. The van der Waals surface area contributed by atoms with Crippen LogP contribution < -0.4 is 0 Å². The molecule has 0 aliphatic carbocycles. The van der Waals surface area contributed by atoms with Crippen LogP contribution in [0.1, 0.15) is 39.5 Å². The Labute approximate surface area is 106 Å². The standard InChI is InChI=1S/C12H22F3NO2/c1-3-5-6-10(4-2)11(18)16(7-8-17)9-12(13,14)15/h10,17H,3-9H2,1-2H3. The third-order valence-corrected chi connectivity index (χ3v) is 2.80. The van der Waals surface area contributed by atoms with E-state index in [0.717, 1.165) is 12.8 Å². The first kappa shape index (κ1) is 17.2. The first-order valence-corrected chi connectivity index (χ1v) is 6.32. The topological polar surface area (TPSA) is 40.5 Å². The van der Waals surface area contributed by atoms with Crippen LogP contribution in [0.3, 0.4) is 0 Å². The molecule has 0 aliphatic heterocycles. The average Bonchev–Trinajstić information content (AvgIpc) is 2.27. The van der Waals surface area contributed by atoms with E-state index in [1.165, 1.54) is 0 Å². The molecule has 0 saturated carbocycles. The molecule has 1 unspecified atom stereocenters. The largest absolute Gasteiger partial charge is 0.406 e. The highest BCUT2D eigenvalue weighted by Crippen LogP contribution is 2.21. The van der Waals surface area contributed by atoms with E-state index in [1.807, 2.05) is 6.92 Å². The molecule has 3 nitrogen and oxygen atoms in total. The van der Waals surface area contributed by atoms with Gasteiger partial charge in [0.25, 0.3) is 0 Å². The summed E-state index contributed by atoms with van der Waals surface area (Å²) in [5.41, 5.74) is 0. The summed E-state index contributed by atoms with van der Waals surface area (Å²) in [4.78, 5) is 12.7. The van der Waals surface area contributed by atoms with Gasteiger partial charge in [0.2, 0.25) is 5.91 Å². The number of aliphatic hydroxyl groups excluding tert-OH is 1. The molecule has 1 N–H and O–H groups in total. The molecule has 0 bridgehead atoms. The van der Waals surface area contributed by atoms with Crippen molar-refractivity contribution in [2.75, 3.05) is 19.7 Å². The van der Waals surface area contributed by atoms with Gasteiger partial charge in [-0.15, -0.1) is 0 Å². The van der Waals surface area contributed by atoms with E-state index in [9.17, 15) is 18.0 Å². The highest BCUT2D eigenvalue weighted by atomic mass is 19.4. The van der Waals surface area contributed by atoms with Crippen LogP contribution in [0, 0.1) is 5.92 Å². The van der Waals surface area contributed by atoms with Gasteiger partial charge in [0.1, 0.15) is 6.54 Å². The Hall–Kier alpha value is -0.780. The fourth-order valence-electron chi connectivity index (χ4n) is 1.82. The maximum absolute atomic E-state index is 12.3. The molecule has 1 amide bonds. The number of alkyl halides is 3. The van der Waals surface area contributed by atoms with Crippen LogP contribution in [0.4, 0.5) is 13.2 Å². The molecule has 0 aromatic carbocycles. The second kappa shape index (κ2) is 8.34. The van der Waals surface area contributed by atoms with Gasteiger partial charge in [0.05, 0.1) is 6.61 Å². The van der Waals surface area contributed by atoms with E-state index in [2.05, 4.69) is 0 Å². The number of carbonyl (C=O) groups excluding carboxylic acids is 1. The van der Waals surface area contributed by atoms with Gasteiger partial charge in [-0.1, -0.05) is 26.7 Å². The lowest BCUT2D eigenvalue weighted by Crippen LogP contribution is -2.43. The number of unbranched alkanes of at least 4 members (excludes halogenated alkanes) is 1. The first-order chi connectivity index (χ1) is 8.35. The van der Waals surface area contributed by atoms with Gasteiger partial charge in [-0.2, -0.15) is 13.2 Å². The molecule has 18 heavy (non-hydrogen) atoms. The Morgan fingerprint density at radius 3 is 2.33 bits per heavy atom. The van der Waals surface area contributed by atoms with Gasteiger partial charge in [0.15, 0.2) is 0 Å². The van der Waals surface area contributed by atoms with Gasteiger partial charge in [-0.3, -0.25) is 4.79 Å². The van der Waals surface area contributed by atoms with Crippen molar-refractivity contribution in [2.24, 2.45) is 5.92 Å². The number of hydrogen-bond acceptors (Lipinski definition) is 2. The van der Waals surface area contributed by atoms with Crippen molar-refractivity contribution in [2.45, 2.75) is 45.7 Å². The molecule has 6 heteroatoms. The summed E-state index contributed by atoms with van der Waals surface area (Å²) < 4.78 is 37.0. The minimum absolute atomic E-state index is 0.263. The van der Waals surface area contributed by atoms with E-state index in [1.54, 1.807) is 6.92 Å². The van der Waals surface area contributed by atoms with Crippen molar-refractivity contribution in [3.05, 3.63) is 0 Å².